The van der Waals surface area contributed by atoms with Crippen LogP contribution in [0.3, 0.4) is 0 Å². The molecular weight excluding hydrogens is 215 g/mol. The molecule has 1 N–H and O–H groups in total. The molecule has 0 fully saturated rings. The summed E-state index contributed by atoms with van der Waals surface area (Å²) in [5.74, 6) is 0. The normalized spacial score (nSPS) is 11.1. The number of thioether (sulfide) groups is 1. The van der Waals surface area contributed by atoms with Crippen LogP contribution in [0.5, 0.6) is 0 Å². The van der Waals surface area contributed by atoms with Crippen molar-refractivity contribution in [2.24, 2.45) is 0 Å². The first-order valence-corrected chi connectivity index (χ1v) is 4.39. The number of carbonyl (C=O) groups is 1. The van der Waals surface area contributed by atoms with Gasteiger partial charge < -0.3 is 5.32 Å². The summed E-state index contributed by atoms with van der Waals surface area (Å²) >= 11 is -0.254. The van der Waals surface area contributed by atoms with Crippen LogP contribution in [0.1, 0.15) is 0 Å². The van der Waals surface area contributed by atoms with Crippen molar-refractivity contribution in [2.45, 2.75) is 10.4 Å². The van der Waals surface area contributed by atoms with E-state index in [1.807, 2.05) is 0 Å². The van der Waals surface area contributed by atoms with Gasteiger partial charge in [0, 0.05) is 4.90 Å². The molecule has 0 radical (unpaired) electrons. The molecule has 0 saturated carbocycles. The van der Waals surface area contributed by atoms with Crippen molar-refractivity contribution in [3.63, 3.8) is 0 Å². The first-order valence-electron chi connectivity index (χ1n) is 3.58. The van der Waals surface area contributed by atoms with Gasteiger partial charge in [-0.2, -0.15) is 13.2 Å². The predicted molar refractivity (Wildman–Crippen MR) is 48.0 cm³/mol. The van der Waals surface area contributed by atoms with Crippen LogP contribution in [0.25, 0.3) is 0 Å². The molecule has 0 unspecified atom stereocenters. The van der Waals surface area contributed by atoms with E-state index in [2.05, 4.69) is 5.32 Å². The van der Waals surface area contributed by atoms with E-state index in [-0.39, 0.29) is 22.3 Å². The molecule has 0 heterocycles. The number of benzene rings is 1. The fraction of sp³-hybridized carbons (Fsp3) is 0.125. The van der Waals surface area contributed by atoms with Crippen molar-refractivity contribution in [3.8, 4) is 0 Å². The molecule has 0 bridgehead atoms. The van der Waals surface area contributed by atoms with E-state index in [0.717, 1.165) is 0 Å². The van der Waals surface area contributed by atoms with Gasteiger partial charge in [0.05, 0.1) is 5.69 Å². The summed E-state index contributed by atoms with van der Waals surface area (Å²) in [6.45, 7) is 0. The van der Waals surface area contributed by atoms with Gasteiger partial charge in [-0.1, -0.05) is 12.1 Å². The summed E-state index contributed by atoms with van der Waals surface area (Å²) in [6.07, 6.45) is 0.343. The van der Waals surface area contributed by atoms with Crippen molar-refractivity contribution in [3.05, 3.63) is 24.3 Å². The SMILES string of the molecule is O=CNc1ccccc1SC(F)(F)F. The Hall–Kier alpha value is -1.17. The number of amides is 1. The number of rotatable bonds is 3. The number of carbonyl (C=O) groups excluding carboxylic acids is 1. The molecule has 0 aliphatic carbocycles. The smallest absolute Gasteiger partial charge is 0.328 e. The van der Waals surface area contributed by atoms with E-state index in [0.29, 0.717) is 6.41 Å². The average molecular weight is 221 g/mol. The van der Waals surface area contributed by atoms with Gasteiger partial charge >= 0.3 is 5.51 Å². The monoisotopic (exact) mass is 221 g/mol. The maximum absolute atomic E-state index is 12.0. The average Bonchev–Trinajstić information content (AvgIpc) is 2.06. The third-order valence-electron chi connectivity index (χ3n) is 1.33. The zero-order valence-corrected chi connectivity index (χ0v) is 7.65. The molecule has 2 nitrogen and oxygen atoms in total. The molecular formula is C8H6F3NOS. The molecule has 0 spiro atoms. The van der Waals surface area contributed by atoms with Gasteiger partial charge in [-0.05, 0) is 23.9 Å². The van der Waals surface area contributed by atoms with E-state index in [1.54, 1.807) is 6.07 Å². The fourth-order valence-electron chi connectivity index (χ4n) is 0.863. The van der Waals surface area contributed by atoms with Crippen LogP contribution >= 0.6 is 11.8 Å². The maximum atomic E-state index is 12.0. The number of hydrogen-bond donors (Lipinski definition) is 1. The largest absolute Gasteiger partial charge is 0.446 e. The molecule has 1 aromatic carbocycles. The Morgan fingerprint density at radius 2 is 1.93 bits per heavy atom. The highest BCUT2D eigenvalue weighted by Crippen LogP contribution is 2.40. The highest BCUT2D eigenvalue weighted by atomic mass is 32.2. The highest BCUT2D eigenvalue weighted by Gasteiger charge is 2.30. The molecule has 0 aliphatic rings. The third-order valence-corrected chi connectivity index (χ3v) is 2.13. The van der Waals surface area contributed by atoms with Gasteiger partial charge in [0.1, 0.15) is 0 Å². The van der Waals surface area contributed by atoms with Crippen LogP contribution in [-0.2, 0) is 4.79 Å². The van der Waals surface area contributed by atoms with Crippen LogP contribution in [0.4, 0.5) is 18.9 Å². The summed E-state index contributed by atoms with van der Waals surface area (Å²) in [7, 11) is 0. The van der Waals surface area contributed by atoms with E-state index >= 15 is 0 Å². The van der Waals surface area contributed by atoms with Gasteiger partial charge in [-0.25, -0.2) is 0 Å². The summed E-state index contributed by atoms with van der Waals surface area (Å²) in [6, 6.07) is 5.72. The summed E-state index contributed by atoms with van der Waals surface area (Å²) in [5, 5.41) is 2.20. The zero-order valence-electron chi connectivity index (χ0n) is 6.84. The van der Waals surface area contributed by atoms with Crippen LogP contribution < -0.4 is 5.32 Å². The first-order chi connectivity index (χ1) is 6.53. The zero-order chi connectivity index (χ0) is 10.6. The fourth-order valence-corrected chi connectivity index (χ4v) is 1.50. The van der Waals surface area contributed by atoms with E-state index in [4.69, 9.17) is 0 Å². The highest BCUT2D eigenvalue weighted by molar-refractivity contribution is 8.00. The molecule has 0 aliphatic heterocycles. The van der Waals surface area contributed by atoms with Crippen molar-refractivity contribution in [1.29, 1.82) is 0 Å². The minimum atomic E-state index is -4.35. The Labute approximate surface area is 82.5 Å². The topological polar surface area (TPSA) is 29.1 Å². The number of halogens is 3. The molecule has 0 atom stereocenters. The lowest BCUT2D eigenvalue weighted by Gasteiger charge is -2.09. The minimum absolute atomic E-state index is 0.0212. The number of anilines is 1. The maximum Gasteiger partial charge on any atom is 0.446 e. The molecule has 1 aromatic rings. The molecule has 76 valence electrons. The standard InChI is InChI=1S/C8H6F3NOS/c9-8(10,11)14-7-4-2-1-3-6(7)12-5-13/h1-5H,(H,12,13). The van der Waals surface area contributed by atoms with Gasteiger partial charge in [0.2, 0.25) is 6.41 Å². The second-order valence-corrected chi connectivity index (χ2v) is 3.41. The van der Waals surface area contributed by atoms with E-state index in [1.165, 1.54) is 18.2 Å². The Kier molecular flexibility index (Phi) is 3.40. The molecule has 0 saturated heterocycles. The lowest BCUT2D eigenvalue weighted by Crippen LogP contribution is -2.02. The Balaban J connectivity index is 2.89. The summed E-state index contributed by atoms with van der Waals surface area (Å²) < 4.78 is 36.0. The number of para-hydroxylation sites is 1. The molecule has 0 aromatic heterocycles. The molecule has 14 heavy (non-hydrogen) atoms. The van der Waals surface area contributed by atoms with E-state index in [9.17, 15) is 18.0 Å². The molecule has 6 heteroatoms. The van der Waals surface area contributed by atoms with Gasteiger partial charge in [0.15, 0.2) is 0 Å². The van der Waals surface area contributed by atoms with Gasteiger partial charge in [-0.15, -0.1) is 0 Å². The van der Waals surface area contributed by atoms with Gasteiger partial charge in [-0.3, -0.25) is 4.79 Å². The van der Waals surface area contributed by atoms with Crippen molar-refractivity contribution >= 4 is 23.9 Å². The second-order valence-electron chi connectivity index (χ2n) is 2.31. The van der Waals surface area contributed by atoms with Crippen molar-refractivity contribution in [1.82, 2.24) is 0 Å². The number of alkyl halides is 3. The van der Waals surface area contributed by atoms with E-state index < -0.39 is 5.51 Å². The Morgan fingerprint density at radius 3 is 2.50 bits per heavy atom. The summed E-state index contributed by atoms with van der Waals surface area (Å²) in [5.41, 5.74) is -4.19. The van der Waals surface area contributed by atoms with Crippen LogP contribution in [0.2, 0.25) is 0 Å². The molecule has 1 amide bonds. The van der Waals surface area contributed by atoms with Crippen LogP contribution in [0.15, 0.2) is 29.2 Å². The lowest BCUT2D eigenvalue weighted by atomic mass is 10.3. The van der Waals surface area contributed by atoms with Crippen LogP contribution in [-0.4, -0.2) is 11.9 Å². The predicted octanol–water partition coefficient (Wildman–Crippen LogP) is 2.87. The summed E-state index contributed by atoms with van der Waals surface area (Å²) in [4.78, 5) is 10.1. The van der Waals surface area contributed by atoms with Crippen LogP contribution in [0, 0.1) is 0 Å². The quantitative estimate of drug-likeness (QED) is 0.628. The Bertz CT molecular complexity index is 327. The third kappa shape index (κ3) is 3.29. The Morgan fingerprint density at radius 1 is 1.29 bits per heavy atom. The lowest BCUT2D eigenvalue weighted by molar-refractivity contribution is -0.105. The molecule has 1 rings (SSSR count). The first kappa shape index (κ1) is 10.9. The second kappa shape index (κ2) is 4.36. The van der Waals surface area contributed by atoms with Gasteiger partial charge in [0.25, 0.3) is 0 Å². The van der Waals surface area contributed by atoms with Crippen molar-refractivity contribution in [2.75, 3.05) is 5.32 Å². The minimum Gasteiger partial charge on any atom is -0.328 e. The number of hydrogen-bond acceptors (Lipinski definition) is 2. The van der Waals surface area contributed by atoms with Crippen molar-refractivity contribution < 1.29 is 18.0 Å². The number of nitrogens with one attached hydrogen (secondary N) is 1.